The first-order valence-electron chi connectivity index (χ1n) is 16.1. The Balaban J connectivity index is 1.50. The maximum absolute atomic E-state index is 14.4. The molecular formula is C38H36N4O7S. The van der Waals surface area contributed by atoms with Gasteiger partial charge in [0.25, 0.3) is 5.56 Å². The lowest BCUT2D eigenvalue weighted by Crippen LogP contribution is -2.39. The van der Waals surface area contributed by atoms with Crippen LogP contribution in [-0.4, -0.2) is 47.1 Å². The molecular weight excluding hydrogens is 657 g/mol. The largest absolute Gasteiger partial charge is 0.494 e. The SMILES string of the molecule is CCCCOc1ccc(-c2nn(-c3ccccc3)cc2C=c2sc3n(c2=O)C(c2ccc(OC(C)=O)c(OC)c2)C(C(=O)OC)=C(C)N=3)cc1. The van der Waals surface area contributed by atoms with E-state index in [1.807, 2.05) is 60.8 Å². The number of methoxy groups -OCH3 is 2. The number of thiazole rings is 1. The van der Waals surface area contributed by atoms with Gasteiger partial charge in [0.1, 0.15) is 11.4 Å². The zero-order valence-corrected chi connectivity index (χ0v) is 29.2. The Morgan fingerprint density at radius 2 is 1.76 bits per heavy atom. The maximum atomic E-state index is 14.4. The zero-order valence-electron chi connectivity index (χ0n) is 28.3. The van der Waals surface area contributed by atoms with E-state index in [0.717, 1.165) is 29.8 Å². The monoisotopic (exact) mass is 692 g/mol. The van der Waals surface area contributed by atoms with Crippen LogP contribution in [0.3, 0.4) is 0 Å². The number of para-hydroxylation sites is 1. The van der Waals surface area contributed by atoms with Crippen LogP contribution in [0.2, 0.25) is 0 Å². The Bertz CT molecular complexity index is 2270. The molecule has 3 heterocycles. The second-order valence-electron chi connectivity index (χ2n) is 11.5. The number of esters is 2. The van der Waals surface area contributed by atoms with Crippen molar-refractivity contribution < 1.29 is 28.5 Å². The molecule has 11 nitrogen and oxygen atoms in total. The van der Waals surface area contributed by atoms with E-state index >= 15 is 0 Å². The number of rotatable bonds is 11. The van der Waals surface area contributed by atoms with Gasteiger partial charge in [0.2, 0.25) is 0 Å². The third kappa shape index (κ3) is 6.88. The molecule has 6 rings (SSSR count). The minimum atomic E-state index is -0.895. The number of ether oxygens (including phenoxy) is 4. The average Bonchev–Trinajstić information content (AvgIpc) is 3.68. The second kappa shape index (κ2) is 14.8. The van der Waals surface area contributed by atoms with Gasteiger partial charge in [-0.05, 0) is 73.5 Å². The van der Waals surface area contributed by atoms with Crippen molar-refractivity contribution in [1.82, 2.24) is 14.3 Å². The lowest BCUT2D eigenvalue weighted by atomic mass is 9.95. The Morgan fingerprint density at radius 3 is 2.44 bits per heavy atom. The Morgan fingerprint density at radius 1 is 1.00 bits per heavy atom. The van der Waals surface area contributed by atoms with Crippen molar-refractivity contribution in [1.29, 1.82) is 0 Å². The van der Waals surface area contributed by atoms with E-state index in [9.17, 15) is 14.4 Å². The van der Waals surface area contributed by atoms with Gasteiger partial charge in [0, 0.05) is 24.2 Å². The van der Waals surface area contributed by atoms with Crippen LogP contribution in [0.4, 0.5) is 0 Å². The van der Waals surface area contributed by atoms with Crippen molar-refractivity contribution in [3.8, 4) is 34.2 Å². The highest BCUT2D eigenvalue weighted by Crippen LogP contribution is 2.36. The van der Waals surface area contributed by atoms with Gasteiger partial charge in [-0.15, -0.1) is 0 Å². The molecule has 0 saturated heterocycles. The summed E-state index contributed by atoms with van der Waals surface area (Å²) in [5.41, 5.74) is 3.90. The minimum Gasteiger partial charge on any atom is -0.494 e. The molecule has 0 radical (unpaired) electrons. The van der Waals surface area contributed by atoms with Gasteiger partial charge in [-0.3, -0.25) is 14.2 Å². The predicted octanol–water partition coefficient (Wildman–Crippen LogP) is 5.37. The highest BCUT2D eigenvalue weighted by atomic mass is 32.1. The van der Waals surface area contributed by atoms with E-state index in [4.69, 9.17) is 24.0 Å². The van der Waals surface area contributed by atoms with Crippen LogP contribution < -0.4 is 29.1 Å². The van der Waals surface area contributed by atoms with Crippen LogP contribution in [0.1, 0.15) is 50.8 Å². The van der Waals surface area contributed by atoms with Gasteiger partial charge in [0.05, 0.1) is 48.4 Å². The lowest BCUT2D eigenvalue weighted by molar-refractivity contribution is -0.136. The second-order valence-corrected chi connectivity index (χ2v) is 12.5. The van der Waals surface area contributed by atoms with E-state index < -0.39 is 18.0 Å². The molecule has 0 spiro atoms. The predicted molar refractivity (Wildman–Crippen MR) is 189 cm³/mol. The summed E-state index contributed by atoms with van der Waals surface area (Å²) < 4.78 is 25.5. The number of benzene rings is 3. The summed E-state index contributed by atoms with van der Waals surface area (Å²) in [4.78, 5) is 44.4. The first-order valence-corrected chi connectivity index (χ1v) is 16.9. The van der Waals surface area contributed by atoms with Crippen molar-refractivity contribution in [2.75, 3.05) is 20.8 Å². The molecule has 0 bridgehead atoms. The van der Waals surface area contributed by atoms with E-state index in [2.05, 4.69) is 11.9 Å². The maximum Gasteiger partial charge on any atom is 0.338 e. The third-order valence-corrected chi connectivity index (χ3v) is 9.11. The molecule has 2 aromatic heterocycles. The fourth-order valence-corrected chi connectivity index (χ4v) is 6.75. The molecule has 256 valence electrons. The first kappa shape index (κ1) is 34.1. The molecule has 1 unspecified atom stereocenters. The highest BCUT2D eigenvalue weighted by molar-refractivity contribution is 7.07. The number of unbranched alkanes of at least 4 members (excludes halogenated alkanes) is 1. The third-order valence-electron chi connectivity index (χ3n) is 8.13. The molecule has 0 amide bonds. The molecule has 5 aromatic rings. The fourth-order valence-electron chi connectivity index (χ4n) is 5.72. The molecule has 0 fully saturated rings. The van der Waals surface area contributed by atoms with Crippen molar-refractivity contribution in [3.63, 3.8) is 0 Å². The number of hydrogen-bond donors (Lipinski definition) is 0. The molecule has 3 aromatic carbocycles. The quantitative estimate of drug-likeness (QED) is 0.103. The van der Waals surface area contributed by atoms with Gasteiger partial charge in [-0.1, -0.05) is 48.9 Å². The van der Waals surface area contributed by atoms with Gasteiger partial charge in [-0.2, -0.15) is 5.10 Å². The average molecular weight is 693 g/mol. The lowest BCUT2D eigenvalue weighted by Gasteiger charge is -2.25. The molecule has 1 aliphatic heterocycles. The van der Waals surface area contributed by atoms with Crippen molar-refractivity contribution in [2.45, 2.75) is 39.7 Å². The topological polar surface area (TPSA) is 123 Å². The summed E-state index contributed by atoms with van der Waals surface area (Å²) in [5.74, 6) is 0.107. The zero-order chi connectivity index (χ0) is 35.4. The number of carbonyl (C=O) groups is 2. The molecule has 0 aliphatic carbocycles. The number of aromatic nitrogens is 3. The molecule has 12 heteroatoms. The van der Waals surface area contributed by atoms with E-state index in [0.29, 0.717) is 38.5 Å². The highest BCUT2D eigenvalue weighted by Gasteiger charge is 2.34. The van der Waals surface area contributed by atoms with Gasteiger partial charge in [-0.25, -0.2) is 14.5 Å². The normalized spacial score (nSPS) is 14.2. The van der Waals surface area contributed by atoms with Crippen LogP contribution in [0, 0.1) is 0 Å². The number of carbonyl (C=O) groups excluding carboxylic acids is 2. The Hall–Kier alpha value is -5.75. The molecule has 1 atom stereocenters. The molecule has 0 N–H and O–H groups in total. The summed E-state index contributed by atoms with van der Waals surface area (Å²) in [6.07, 6.45) is 5.70. The van der Waals surface area contributed by atoms with Crippen LogP contribution in [0.5, 0.6) is 17.2 Å². The summed E-state index contributed by atoms with van der Waals surface area (Å²) in [7, 11) is 2.73. The fraction of sp³-hybridized carbons (Fsp3) is 0.237. The van der Waals surface area contributed by atoms with Crippen LogP contribution in [0.25, 0.3) is 23.0 Å². The molecule has 1 aliphatic rings. The van der Waals surface area contributed by atoms with Crippen LogP contribution in [-0.2, 0) is 14.3 Å². The van der Waals surface area contributed by atoms with E-state index in [1.54, 1.807) is 35.9 Å². The molecule has 50 heavy (non-hydrogen) atoms. The number of allylic oxidation sites excluding steroid dienone is 1. The Kier molecular flexibility index (Phi) is 10.1. The van der Waals surface area contributed by atoms with Gasteiger partial charge < -0.3 is 18.9 Å². The standard InChI is InChI=1S/C38H36N4O7S/c1-6-7-19-48-29-16-13-25(14-17-29)34-27(22-41(40-34)28-11-9-8-10-12-28)21-32-36(44)42-35(33(37(45)47-5)23(2)39-38(42)50-32)26-15-18-30(49-24(3)43)31(20-26)46-4/h8-18,20-22,35H,6-7,19H2,1-5H3. The van der Waals surface area contributed by atoms with Gasteiger partial charge in [0.15, 0.2) is 16.3 Å². The summed E-state index contributed by atoms with van der Waals surface area (Å²) in [6.45, 7) is 5.76. The summed E-state index contributed by atoms with van der Waals surface area (Å²) >= 11 is 1.21. The Labute approximate surface area is 292 Å². The van der Waals surface area contributed by atoms with Crippen LogP contribution in [0.15, 0.2) is 100 Å². The van der Waals surface area contributed by atoms with E-state index in [1.165, 1.54) is 37.0 Å². The van der Waals surface area contributed by atoms with Crippen molar-refractivity contribution in [3.05, 3.63) is 121 Å². The first-order chi connectivity index (χ1) is 24.2. The summed E-state index contributed by atoms with van der Waals surface area (Å²) in [5, 5.41) is 4.93. The number of fused-ring (bicyclic) bond motifs is 1. The van der Waals surface area contributed by atoms with Crippen molar-refractivity contribution >= 4 is 29.4 Å². The number of nitrogens with zero attached hydrogens (tertiary/aromatic N) is 4. The smallest absolute Gasteiger partial charge is 0.338 e. The number of hydrogen-bond acceptors (Lipinski definition) is 10. The minimum absolute atomic E-state index is 0.201. The summed E-state index contributed by atoms with van der Waals surface area (Å²) in [6, 6.07) is 21.5. The van der Waals surface area contributed by atoms with Gasteiger partial charge >= 0.3 is 11.9 Å². The van der Waals surface area contributed by atoms with Crippen molar-refractivity contribution in [2.24, 2.45) is 4.99 Å². The van der Waals surface area contributed by atoms with E-state index in [-0.39, 0.29) is 22.6 Å². The molecule has 0 saturated carbocycles. The van der Waals surface area contributed by atoms with Crippen LogP contribution >= 0.6 is 11.3 Å².